The zero-order chi connectivity index (χ0) is 15.2. The minimum atomic E-state index is -9.67. The molecule has 0 fully saturated rings. The van der Waals surface area contributed by atoms with Crippen molar-refractivity contribution < 1.29 is 24.2 Å². The van der Waals surface area contributed by atoms with E-state index in [1.165, 1.54) is 13.1 Å². The largest absolute Gasteiger partial charge is 0.310 e. The number of Topliss-reactive ketones (excluding diaryl/α,β-unsaturated/α-hetero) is 1. The normalized spacial score (nSPS) is 15.5. The second-order valence-corrected chi connectivity index (χ2v) is 6.48. The van der Waals surface area contributed by atoms with Crippen LogP contribution in [0.15, 0.2) is 35.4 Å². The molecule has 0 saturated heterocycles. The minimum absolute atomic E-state index is 0.0155. The molecule has 0 N–H and O–H groups in total. The SMILES string of the molecule is CC(=O)c1cn(-c2ccc(S(F)(F)(F)(F)F)cc2)nn1. The molecular formula is C10H8F5N3OS. The first-order valence-corrected chi connectivity index (χ1v) is 7.10. The number of nitrogens with zero attached hydrogens (tertiary/aromatic N) is 3. The molecule has 1 aromatic heterocycles. The fourth-order valence-electron chi connectivity index (χ4n) is 1.41. The average molecular weight is 313 g/mol. The molecule has 0 radical (unpaired) electrons. The number of carbonyl (C=O) groups excluding carboxylic acids is 1. The first kappa shape index (κ1) is 14.4. The Morgan fingerprint density at radius 2 is 1.65 bits per heavy atom. The van der Waals surface area contributed by atoms with Gasteiger partial charge in [0, 0.05) is 6.92 Å². The molecule has 2 rings (SSSR count). The molecule has 0 spiro atoms. The van der Waals surface area contributed by atoms with Crippen molar-refractivity contribution in [1.29, 1.82) is 0 Å². The molecule has 1 aromatic carbocycles. The number of rotatable bonds is 3. The summed E-state index contributed by atoms with van der Waals surface area (Å²) in [6.45, 7) is 1.24. The zero-order valence-corrected chi connectivity index (χ0v) is 10.8. The van der Waals surface area contributed by atoms with Gasteiger partial charge in [0.05, 0.1) is 11.9 Å². The maximum absolute atomic E-state index is 12.5. The van der Waals surface area contributed by atoms with Gasteiger partial charge in [-0.25, -0.2) is 4.68 Å². The molecule has 110 valence electrons. The third kappa shape index (κ3) is 2.95. The number of halogens is 5. The van der Waals surface area contributed by atoms with Crippen LogP contribution < -0.4 is 0 Å². The monoisotopic (exact) mass is 313 g/mol. The van der Waals surface area contributed by atoms with Crippen LogP contribution >= 0.6 is 10.2 Å². The van der Waals surface area contributed by atoms with Crippen LogP contribution in [0, 0.1) is 0 Å². The second-order valence-electron chi connectivity index (χ2n) is 4.07. The van der Waals surface area contributed by atoms with Gasteiger partial charge < -0.3 is 0 Å². The molecule has 0 aliphatic carbocycles. The van der Waals surface area contributed by atoms with Crippen molar-refractivity contribution in [3.05, 3.63) is 36.2 Å². The number of hydrogen-bond acceptors (Lipinski definition) is 3. The molecule has 0 atom stereocenters. The number of benzene rings is 1. The Hall–Kier alpha value is -1.97. The maximum atomic E-state index is 12.5. The highest BCUT2D eigenvalue weighted by Gasteiger charge is 2.65. The van der Waals surface area contributed by atoms with E-state index in [1.54, 1.807) is 0 Å². The van der Waals surface area contributed by atoms with Crippen LogP contribution in [0.4, 0.5) is 19.4 Å². The summed E-state index contributed by atoms with van der Waals surface area (Å²) in [5.41, 5.74) is 0.0948. The molecule has 0 aliphatic heterocycles. The van der Waals surface area contributed by atoms with E-state index in [-0.39, 0.29) is 29.3 Å². The molecule has 0 saturated carbocycles. The molecule has 1 heterocycles. The maximum Gasteiger partial charge on any atom is 0.310 e. The fourth-order valence-corrected chi connectivity index (χ4v) is 2.06. The van der Waals surface area contributed by atoms with E-state index in [1.807, 2.05) is 0 Å². The van der Waals surface area contributed by atoms with Gasteiger partial charge in [0.1, 0.15) is 10.6 Å². The Labute approximate surface area is 109 Å². The summed E-state index contributed by atoms with van der Waals surface area (Å²) in [6.07, 6.45) is 1.19. The Bertz CT molecular complexity index is 677. The molecule has 4 nitrogen and oxygen atoms in total. The Kier molecular flexibility index (Phi) is 2.57. The van der Waals surface area contributed by atoms with Crippen molar-refractivity contribution in [2.75, 3.05) is 0 Å². The van der Waals surface area contributed by atoms with Crippen molar-refractivity contribution in [3.8, 4) is 5.69 Å². The Morgan fingerprint density at radius 1 is 1.10 bits per heavy atom. The third-order valence-corrected chi connectivity index (χ3v) is 3.56. The van der Waals surface area contributed by atoms with Gasteiger partial charge in [0.25, 0.3) is 0 Å². The summed E-state index contributed by atoms with van der Waals surface area (Å²) in [7, 11) is -9.67. The highest BCUT2D eigenvalue weighted by Crippen LogP contribution is 3.02. The molecule has 10 heteroatoms. The number of aromatic nitrogens is 3. The van der Waals surface area contributed by atoms with Gasteiger partial charge in [0.2, 0.25) is 0 Å². The van der Waals surface area contributed by atoms with Crippen LogP contribution in [0.25, 0.3) is 5.69 Å². The second kappa shape index (κ2) is 3.57. The molecule has 0 amide bonds. The van der Waals surface area contributed by atoms with E-state index < -0.39 is 15.1 Å². The quantitative estimate of drug-likeness (QED) is 0.632. The average Bonchev–Trinajstić information content (AvgIpc) is 2.75. The Morgan fingerprint density at radius 3 is 2.05 bits per heavy atom. The van der Waals surface area contributed by atoms with Gasteiger partial charge in [-0.15, -0.1) is 5.10 Å². The number of hydrogen-bond donors (Lipinski definition) is 0. The van der Waals surface area contributed by atoms with Gasteiger partial charge in [0.15, 0.2) is 5.78 Å². The lowest BCUT2D eigenvalue weighted by atomic mass is 10.3. The van der Waals surface area contributed by atoms with Crippen molar-refractivity contribution in [3.63, 3.8) is 0 Å². The van der Waals surface area contributed by atoms with Crippen molar-refractivity contribution >= 4 is 16.0 Å². The highest BCUT2D eigenvalue weighted by atomic mass is 32.5. The fraction of sp³-hybridized carbons (Fsp3) is 0.100. The van der Waals surface area contributed by atoms with Crippen molar-refractivity contribution in [2.24, 2.45) is 0 Å². The van der Waals surface area contributed by atoms with Crippen LogP contribution in [0.1, 0.15) is 17.4 Å². The number of ketones is 1. The van der Waals surface area contributed by atoms with E-state index in [2.05, 4.69) is 10.3 Å². The van der Waals surface area contributed by atoms with Gasteiger partial charge in [-0.1, -0.05) is 24.6 Å². The van der Waals surface area contributed by atoms with Crippen molar-refractivity contribution in [1.82, 2.24) is 15.0 Å². The standard InChI is InChI=1S/C10H8F5N3OS/c1-7(19)10-6-18(17-16-10)8-2-4-9(5-3-8)20(11,12,13,14)15/h2-6H,1H3. The Balaban J connectivity index is 2.41. The summed E-state index contributed by atoms with van der Waals surface area (Å²) in [5, 5.41) is 7.01. The van der Waals surface area contributed by atoms with E-state index >= 15 is 0 Å². The minimum Gasteiger partial charge on any atom is -0.293 e. The van der Waals surface area contributed by atoms with Crippen LogP contribution in [-0.2, 0) is 0 Å². The lowest BCUT2D eigenvalue weighted by Crippen LogP contribution is -2.06. The van der Waals surface area contributed by atoms with Gasteiger partial charge in [-0.2, -0.15) is 0 Å². The van der Waals surface area contributed by atoms with E-state index in [0.29, 0.717) is 0 Å². The summed E-state index contributed by atoms with van der Waals surface area (Å²) < 4.78 is 63.6. The molecule has 0 aliphatic rings. The highest BCUT2D eigenvalue weighted by molar-refractivity contribution is 8.45. The summed E-state index contributed by atoms with van der Waals surface area (Å²) >= 11 is 0. The molecular weight excluding hydrogens is 305 g/mol. The van der Waals surface area contributed by atoms with Crippen LogP contribution in [0.5, 0.6) is 0 Å². The first-order chi connectivity index (χ1) is 8.86. The lowest BCUT2D eigenvalue weighted by molar-refractivity contribution is 0.101. The summed E-state index contributed by atoms with van der Waals surface area (Å²) in [4.78, 5) is 9.02. The third-order valence-electron chi connectivity index (χ3n) is 2.40. The summed E-state index contributed by atoms with van der Waals surface area (Å²) in [6, 6.07) is 2.19. The van der Waals surface area contributed by atoms with Crippen LogP contribution in [-0.4, -0.2) is 20.8 Å². The number of carbonyl (C=O) groups is 1. The predicted octanol–water partition coefficient (Wildman–Crippen LogP) is 4.13. The molecule has 2 aromatic rings. The lowest BCUT2D eigenvalue weighted by Gasteiger charge is -2.40. The molecule has 20 heavy (non-hydrogen) atoms. The van der Waals surface area contributed by atoms with Crippen LogP contribution in [0.3, 0.4) is 0 Å². The van der Waals surface area contributed by atoms with Gasteiger partial charge in [-0.3, -0.25) is 4.79 Å². The summed E-state index contributed by atoms with van der Waals surface area (Å²) in [5.74, 6) is -0.375. The van der Waals surface area contributed by atoms with Crippen LogP contribution in [0.2, 0.25) is 0 Å². The first-order valence-electron chi connectivity index (χ1n) is 5.15. The predicted molar refractivity (Wildman–Crippen MR) is 62.8 cm³/mol. The van der Waals surface area contributed by atoms with Gasteiger partial charge >= 0.3 is 10.2 Å². The smallest absolute Gasteiger partial charge is 0.293 e. The van der Waals surface area contributed by atoms with E-state index in [0.717, 1.165) is 16.8 Å². The van der Waals surface area contributed by atoms with Crippen molar-refractivity contribution in [2.45, 2.75) is 11.8 Å². The van der Waals surface area contributed by atoms with E-state index in [9.17, 15) is 24.2 Å². The van der Waals surface area contributed by atoms with E-state index in [4.69, 9.17) is 0 Å². The molecule has 0 unspecified atom stereocenters. The molecule has 0 bridgehead atoms. The zero-order valence-electron chi connectivity index (χ0n) is 9.93. The topological polar surface area (TPSA) is 47.8 Å². The van der Waals surface area contributed by atoms with Gasteiger partial charge in [-0.05, 0) is 24.3 Å².